The van der Waals surface area contributed by atoms with E-state index < -0.39 is 5.97 Å². The molecular weight excluding hydrogens is 272 g/mol. The van der Waals surface area contributed by atoms with Crippen LogP contribution >= 0.6 is 0 Å². The van der Waals surface area contributed by atoms with Gasteiger partial charge in [0.2, 0.25) is 0 Å². The average Bonchev–Trinajstić information content (AvgIpc) is 2.53. The summed E-state index contributed by atoms with van der Waals surface area (Å²) in [6, 6.07) is 10.3. The standard InChI is InChI=1S/C16H14O5/c1-19-13-4-3-11(16(17)18)8-12(13)10-2-5-14-15(9-10)21-7-6-20-14/h2-5,8-9H,6-7H2,1H3,(H,17,18). The van der Waals surface area contributed by atoms with E-state index in [0.717, 1.165) is 5.56 Å². The first-order valence-electron chi connectivity index (χ1n) is 6.50. The van der Waals surface area contributed by atoms with Crippen LogP contribution in [0.3, 0.4) is 0 Å². The van der Waals surface area contributed by atoms with Crippen molar-refractivity contribution < 1.29 is 24.1 Å². The predicted octanol–water partition coefficient (Wildman–Crippen LogP) is 2.83. The molecule has 5 heteroatoms. The first kappa shape index (κ1) is 13.3. The van der Waals surface area contributed by atoms with Crippen molar-refractivity contribution >= 4 is 5.97 Å². The fourth-order valence-electron chi connectivity index (χ4n) is 2.28. The summed E-state index contributed by atoms with van der Waals surface area (Å²) in [7, 11) is 1.55. The maximum Gasteiger partial charge on any atom is 0.335 e. The first-order chi connectivity index (χ1) is 10.2. The highest BCUT2D eigenvalue weighted by Crippen LogP contribution is 2.38. The molecule has 0 bridgehead atoms. The van der Waals surface area contributed by atoms with E-state index in [1.807, 2.05) is 18.2 Å². The molecule has 1 N–H and O–H groups in total. The molecule has 0 amide bonds. The quantitative estimate of drug-likeness (QED) is 0.940. The molecular formula is C16H14O5. The normalized spacial score (nSPS) is 12.8. The van der Waals surface area contributed by atoms with E-state index in [9.17, 15) is 4.79 Å². The van der Waals surface area contributed by atoms with Gasteiger partial charge >= 0.3 is 5.97 Å². The van der Waals surface area contributed by atoms with E-state index in [4.69, 9.17) is 19.3 Å². The summed E-state index contributed by atoms with van der Waals surface area (Å²) >= 11 is 0. The van der Waals surface area contributed by atoms with E-state index in [-0.39, 0.29) is 5.56 Å². The van der Waals surface area contributed by atoms with E-state index in [1.54, 1.807) is 19.2 Å². The number of methoxy groups -OCH3 is 1. The van der Waals surface area contributed by atoms with E-state index in [2.05, 4.69) is 0 Å². The Labute approximate surface area is 121 Å². The lowest BCUT2D eigenvalue weighted by atomic mass is 10.0. The van der Waals surface area contributed by atoms with Crippen LogP contribution in [0.5, 0.6) is 17.2 Å². The van der Waals surface area contributed by atoms with Crippen LogP contribution in [-0.2, 0) is 0 Å². The van der Waals surface area contributed by atoms with E-state index in [1.165, 1.54) is 6.07 Å². The number of benzene rings is 2. The van der Waals surface area contributed by atoms with Gasteiger partial charge in [-0.1, -0.05) is 6.07 Å². The molecule has 0 spiro atoms. The average molecular weight is 286 g/mol. The topological polar surface area (TPSA) is 65.0 Å². The molecule has 1 aliphatic rings. The lowest BCUT2D eigenvalue weighted by Gasteiger charge is -2.19. The van der Waals surface area contributed by atoms with Crippen molar-refractivity contribution in [3.05, 3.63) is 42.0 Å². The maximum absolute atomic E-state index is 11.1. The largest absolute Gasteiger partial charge is 0.496 e. The van der Waals surface area contributed by atoms with Crippen LogP contribution in [0.4, 0.5) is 0 Å². The van der Waals surface area contributed by atoms with E-state index in [0.29, 0.717) is 36.0 Å². The minimum absolute atomic E-state index is 0.209. The maximum atomic E-state index is 11.1. The number of fused-ring (bicyclic) bond motifs is 1. The van der Waals surface area contributed by atoms with Crippen LogP contribution in [0.2, 0.25) is 0 Å². The number of hydrogen-bond acceptors (Lipinski definition) is 4. The number of aromatic carboxylic acids is 1. The monoisotopic (exact) mass is 286 g/mol. The Hall–Kier alpha value is -2.69. The highest BCUT2D eigenvalue weighted by Gasteiger charge is 2.15. The Morgan fingerprint density at radius 2 is 1.86 bits per heavy atom. The second-order valence-corrected chi connectivity index (χ2v) is 4.58. The van der Waals surface area contributed by atoms with Crippen LogP contribution in [0.15, 0.2) is 36.4 Å². The van der Waals surface area contributed by atoms with Crippen molar-refractivity contribution in [3.8, 4) is 28.4 Å². The SMILES string of the molecule is COc1ccc(C(=O)O)cc1-c1ccc2c(c1)OCCO2. The van der Waals surface area contributed by atoms with Crippen LogP contribution < -0.4 is 14.2 Å². The number of ether oxygens (including phenoxy) is 3. The molecule has 1 aliphatic heterocycles. The Balaban J connectivity index is 2.10. The van der Waals surface area contributed by atoms with Gasteiger partial charge in [0.15, 0.2) is 11.5 Å². The Morgan fingerprint density at radius 1 is 1.10 bits per heavy atom. The van der Waals surface area contributed by atoms with Gasteiger partial charge in [0.1, 0.15) is 19.0 Å². The van der Waals surface area contributed by atoms with Crippen molar-refractivity contribution in [2.24, 2.45) is 0 Å². The van der Waals surface area contributed by atoms with Gasteiger partial charge in [-0.25, -0.2) is 4.79 Å². The summed E-state index contributed by atoms with van der Waals surface area (Å²) in [5.41, 5.74) is 1.73. The van der Waals surface area contributed by atoms with Gasteiger partial charge in [-0.2, -0.15) is 0 Å². The molecule has 0 aromatic heterocycles. The van der Waals surface area contributed by atoms with Crippen LogP contribution in [0, 0.1) is 0 Å². The zero-order valence-corrected chi connectivity index (χ0v) is 11.5. The Bertz CT molecular complexity index is 693. The predicted molar refractivity (Wildman–Crippen MR) is 76.4 cm³/mol. The third-order valence-corrected chi connectivity index (χ3v) is 3.30. The van der Waals surface area contributed by atoms with Gasteiger partial charge in [-0.15, -0.1) is 0 Å². The molecule has 0 aliphatic carbocycles. The fraction of sp³-hybridized carbons (Fsp3) is 0.188. The van der Waals surface area contributed by atoms with Gasteiger partial charge in [0.25, 0.3) is 0 Å². The van der Waals surface area contributed by atoms with Gasteiger partial charge in [-0.3, -0.25) is 0 Å². The zero-order valence-electron chi connectivity index (χ0n) is 11.5. The first-order valence-corrected chi connectivity index (χ1v) is 6.50. The molecule has 0 unspecified atom stereocenters. The van der Waals surface area contributed by atoms with Crippen molar-refractivity contribution in [2.75, 3.05) is 20.3 Å². The highest BCUT2D eigenvalue weighted by molar-refractivity contribution is 5.90. The minimum Gasteiger partial charge on any atom is -0.496 e. The van der Waals surface area contributed by atoms with Crippen molar-refractivity contribution in [3.63, 3.8) is 0 Å². The van der Waals surface area contributed by atoms with Crippen molar-refractivity contribution in [2.45, 2.75) is 0 Å². The minimum atomic E-state index is -0.976. The molecule has 0 atom stereocenters. The number of carboxylic acid groups (broad SMARTS) is 1. The molecule has 108 valence electrons. The lowest BCUT2D eigenvalue weighted by molar-refractivity contribution is 0.0697. The van der Waals surface area contributed by atoms with Gasteiger partial charge in [-0.05, 0) is 35.9 Å². The third-order valence-electron chi connectivity index (χ3n) is 3.30. The van der Waals surface area contributed by atoms with Gasteiger partial charge in [0.05, 0.1) is 12.7 Å². The molecule has 3 rings (SSSR count). The lowest BCUT2D eigenvalue weighted by Crippen LogP contribution is -2.15. The van der Waals surface area contributed by atoms with Crippen LogP contribution in [-0.4, -0.2) is 31.4 Å². The smallest absolute Gasteiger partial charge is 0.335 e. The summed E-state index contributed by atoms with van der Waals surface area (Å²) in [4.78, 5) is 11.1. The number of carbonyl (C=O) groups is 1. The second-order valence-electron chi connectivity index (χ2n) is 4.58. The summed E-state index contributed by atoms with van der Waals surface area (Å²) in [6.07, 6.45) is 0. The third kappa shape index (κ3) is 2.50. The number of hydrogen-bond donors (Lipinski definition) is 1. The number of carboxylic acids is 1. The molecule has 0 fully saturated rings. The van der Waals surface area contributed by atoms with Crippen molar-refractivity contribution in [1.29, 1.82) is 0 Å². The van der Waals surface area contributed by atoms with Gasteiger partial charge in [0, 0.05) is 5.56 Å². The molecule has 1 heterocycles. The molecule has 2 aromatic rings. The molecule has 0 radical (unpaired) electrons. The summed E-state index contributed by atoms with van der Waals surface area (Å²) < 4.78 is 16.4. The second kappa shape index (κ2) is 5.36. The molecule has 21 heavy (non-hydrogen) atoms. The zero-order chi connectivity index (χ0) is 14.8. The fourth-order valence-corrected chi connectivity index (χ4v) is 2.28. The molecule has 0 saturated heterocycles. The van der Waals surface area contributed by atoms with Crippen LogP contribution in [0.1, 0.15) is 10.4 Å². The van der Waals surface area contributed by atoms with E-state index >= 15 is 0 Å². The highest BCUT2D eigenvalue weighted by atomic mass is 16.6. The summed E-state index contributed by atoms with van der Waals surface area (Å²) in [5.74, 6) is 0.980. The Kier molecular flexibility index (Phi) is 3.39. The Morgan fingerprint density at radius 3 is 2.57 bits per heavy atom. The molecule has 0 saturated carbocycles. The van der Waals surface area contributed by atoms with Gasteiger partial charge < -0.3 is 19.3 Å². The van der Waals surface area contributed by atoms with Crippen LogP contribution in [0.25, 0.3) is 11.1 Å². The summed E-state index contributed by atoms with van der Waals surface area (Å²) in [6.45, 7) is 1.03. The molecule has 2 aromatic carbocycles. The van der Waals surface area contributed by atoms with Crippen molar-refractivity contribution in [1.82, 2.24) is 0 Å². The number of rotatable bonds is 3. The summed E-state index contributed by atoms with van der Waals surface area (Å²) in [5, 5.41) is 9.13. The molecule has 5 nitrogen and oxygen atoms in total.